The summed E-state index contributed by atoms with van der Waals surface area (Å²) in [6, 6.07) is 0. The smallest absolute Gasteiger partial charge is 0.156 e. The van der Waals surface area contributed by atoms with Gasteiger partial charge >= 0.3 is 0 Å². The normalized spacial score (nSPS) is 47.2. The molecule has 0 amide bonds. The van der Waals surface area contributed by atoms with Crippen LogP contribution in [0, 0.1) is 34.5 Å². The first-order valence-electron chi connectivity index (χ1n) is 9.71. The zero-order valence-corrected chi connectivity index (χ0v) is 15.5. The first kappa shape index (κ1) is 16.3. The molecule has 0 aromatic heterocycles. The van der Waals surface area contributed by atoms with Crippen molar-refractivity contribution in [2.75, 3.05) is 0 Å². The Labute approximate surface area is 145 Å². The van der Waals surface area contributed by atoms with Gasteiger partial charge in [-0.3, -0.25) is 9.59 Å². The van der Waals surface area contributed by atoms with E-state index in [2.05, 4.69) is 26.8 Å². The lowest BCUT2D eigenvalue weighted by atomic mass is 9.47. The Morgan fingerprint density at radius 2 is 1.88 bits per heavy atom. The molecule has 0 aromatic rings. The van der Waals surface area contributed by atoms with Gasteiger partial charge in [-0.2, -0.15) is 0 Å². The lowest BCUT2D eigenvalue weighted by Crippen LogP contribution is -2.50. The van der Waals surface area contributed by atoms with Crippen LogP contribution in [0.25, 0.3) is 0 Å². The number of ketones is 2. The van der Waals surface area contributed by atoms with E-state index in [1.54, 1.807) is 6.92 Å². The Morgan fingerprint density at radius 1 is 1.12 bits per heavy atom. The molecule has 4 rings (SSSR count). The maximum atomic E-state index is 12.2. The fraction of sp³-hybridized carbons (Fsp3) is 0.727. The second-order valence-electron chi connectivity index (χ2n) is 9.37. The largest absolute Gasteiger partial charge is 0.300 e. The van der Waals surface area contributed by atoms with Crippen LogP contribution < -0.4 is 0 Å². The van der Waals surface area contributed by atoms with Crippen LogP contribution >= 0.6 is 0 Å². The molecule has 2 nitrogen and oxygen atoms in total. The fourth-order valence-electron chi connectivity index (χ4n) is 7.08. The standard InChI is InChI=1S/C22H30O2/c1-13-11-16-18-6-5-17(14(2)23)21(18,3)10-8-19(16)22(4)9-7-15(24)12-20(13)22/h11-12,16-19H,5-10H2,1-4H3/t16?,17-,18?,19?,21-,22-/m1/s1. The second-order valence-corrected chi connectivity index (χ2v) is 9.37. The Morgan fingerprint density at radius 3 is 2.58 bits per heavy atom. The number of carbonyl (C=O) groups is 2. The number of Topliss-reactive ketones (excluding diaryl/α,β-unsaturated/α-hetero) is 1. The van der Waals surface area contributed by atoms with Crippen molar-refractivity contribution < 1.29 is 9.59 Å². The molecule has 0 heterocycles. The molecule has 0 N–H and O–H groups in total. The Bertz CT molecular complexity index is 669. The topological polar surface area (TPSA) is 34.1 Å². The SMILES string of the molecule is CC(=O)[C@H]1CCC2C3C=C(C)C4=CC(=O)CC[C@]4(C)C3CC[C@@]21C. The molecule has 2 fully saturated rings. The number of hydrogen-bond acceptors (Lipinski definition) is 2. The first-order chi connectivity index (χ1) is 11.3. The Balaban J connectivity index is 1.77. The molecule has 0 aromatic carbocycles. The summed E-state index contributed by atoms with van der Waals surface area (Å²) in [5, 5.41) is 0. The fourth-order valence-corrected chi connectivity index (χ4v) is 7.08. The predicted molar refractivity (Wildman–Crippen MR) is 95.4 cm³/mol. The van der Waals surface area contributed by atoms with Crippen LogP contribution in [0.1, 0.15) is 66.2 Å². The minimum Gasteiger partial charge on any atom is -0.300 e. The van der Waals surface area contributed by atoms with Crippen molar-refractivity contribution in [1.29, 1.82) is 0 Å². The van der Waals surface area contributed by atoms with E-state index in [4.69, 9.17) is 0 Å². The molecule has 6 atom stereocenters. The van der Waals surface area contributed by atoms with E-state index in [9.17, 15) is 9.59 Å². The van der Waals surface area contributed by atoms with Crippen molar-refractivity contribution in [3.63, 3.8) is 0 Å². The molecule has 0 radical (unpaired) electrons. The molecule has 0 saturated heterocycles. The third-order valence-electron chi connectivity index (χ3n) is 8.32. The molecule has 130 valence electrons. The van der Waals surface area contributed by atoms with Gasteiger partial charge in [-0.25, -0.2) is 0 Å². The van der Waals surface area contributed by atoms with Gasteiger partial charge in [0.2, 0.25) is 0 Å². The van der Waals surface area contributed by atoms with E-state index in [0.29, 0.717) is 35.7 Å². The number of allylic oxidation sites excluding steroid dienone is 4. The summed E-state index contributed by atoms with van der Waals surface area (Å²) >= 11 is 0. The highest BCUT2D eigenvalue weighted by atomic mass is 16.1. The van der Waals surface area contributed by atoms with E-state index in [-0.39, 0.29) is 16.7 Å². The lowest BCUT2D eigenvalue weighted by Gasteiger charge is -2.56. The zero-order chi connectivity index (χ0) is 17.3. The van der Waals surface area contributed by atoms with E-state index < -0.39 is 0 Å². The molecule has 2 heteroatoms. The van der Waals surface area contributed by atoms with Gasteiger partial charge in [-0.15, -0.1) is 0 Å². The average molecular weight is 326 g/mol. The number of hydrogen-bond donors (Lipinski definition) is 0. The van der Waals surface area contributed by atoms with Crippen molar-refractivity contribution in [3.8, 4) is 0 Å². The van der Waals surface area contributed by atoms with Gasteiger partial charge in [0, 0.05) is 12.3 Å². The first-order valence-corrected chi connectivity index (χ1v) is 9.71. The highest BCUT2D eigenvalue weighted by Gasteiger charge is 2.59. The van der Waals surface area contributed by atoms with E-state index in [1.807, 2.05) is 6.08 Å². The van der Waals surface area contributed by atoms with Gasteiger partial charge in [0.25, 0.3) is 0 Å². The Kier molecular flexibility index (Phi) is 3.50. The van der Waals surface area contributed by atoms with Crippen LogP contribution in [0.5, 0.6) is 0 Å². The number of rotatable bonds is 1. The van der Waals surface area contributed by atoms with Crippen molar-refractivity contribution in [2.45, 2.75) is 66.2 Å². The van der Waals surface area contributed by atoms with Gasteiger partial charge in [0.05, 0.1) is 0 Å². The summed E-state index contributed by atoms with van der Waals surface area (Å²) in [5.74, 6) is 2.82. The summed E-state index contributed by atoms with van der Waals surface area (Å²) in [7, 11) is 0. The van der Waals surface area contributed by atoms with Crippen LogP contribution in [0.2, 0.25) is 0 Å². The predicted octanol–water partition coefficient (Wildman–Crippen LogP) is 4.89. The van der Waals surface area contributed by atoms with E-state index in [1.165, 1.54) is 30.4 Å². The minimum atomic E-state index is 0.160. The summed E-state index contributed by atoms with van der Waals surface area (Å²) < 4.78 is 0. The Hall–Kier alpha value is -1.18. The summed E-state index contributed by atoms with van der Waals surface area (Å²) in [4.78, 5) is 24.2. The van der Waals surface area contributed by atoms with Crippen molar-refractivity contribution in [2.24, 2.45) is 34.5 Å². The maximum absolute atomic E-state index is 12.2. The average Bonchev–Trinajstić information content (AvgIpc) is 2.87. The molecule has 0 bridgehead atoms. The van der Waals surface area contributed by atoms with Crippen LogP contribution in [-0.4, -0.2) is 11.6 Å². The van der Waals surface area contributed by atoms with Gasteiger partial charge in [-0.1, -0.05) is 25.5 Å². The number of fused-ring (bicyclic) bond motifs is 5. The highest BCUT2D eigenvalue weighted by molar-refractivity contribution is 5.92. The molecule has 4 aliphatic rings. The zero-order valence-electron chi connectivity index (χ0n) is 15.5. The molecular formula is C22H30O2. The second kappa shape index (κ2) is 5.16. The van der Waals surface area contributed by atoms with Gasteiger partial charge in [0.15, 0.2) is 5.78 Å². The summed E-state index contributed by atoms with van der Waals surface area (Å²) in [5.41, 5.74) is 2.98. The quantitative estimate of drug-likeness (QED) is 0.687. The molecule has 2 saturated carbocycles. The van der Waals surface area contributed by atoms with Crippen molar-refractivity contribution in [3.05, 3.63) is 23.3 Å². The van der Waals surface area contributed by atoms with Crippen molar-refractivity contribution in [1.82, 2.24) is 0 Å². The molecular weight excluding hydrogens is 296 g/mol. The van der Waals surface area contributed by atoms with Crippen LogP contribution in [0.3, 0.4) is 0 Å². The van der Waals surface area contributed by atoms with Crippen LogP contribution in [-0.2, 0) is 9.59 Å². The molecule has 0 aliphatic heterocycles. The van der Waals surface area contributed by atoms with Gasteiger partial charge < -0.3 is 0 Å². The van der Waals surface area contributed by atoms with Gasteiger partial charge in [0.1, 0.15) is 5.78 Å². The van der Waals surface area contributed by atoms with E-state index in [0.717, 1.165) is 12.8 Å². The minimum absolute atomic E-state index is 0.160. The molecule has 24 heavy (non-hydrogen) atoms. The van der Waals surface area contributed by atoms with Crippen LogP contribution in [0.15, 0.2) is 23.3 Å². The molecule has 0 spiro atoms. The summed E-state index contributed by atoms with van der Waals surface area (Å²) in [6.45, 7) is 8.78. The number of carbonyl (C=O) groups excluding carboxylic acids is 2. The molecule has 4 aliphatic carbocycles. The lowest BCUT2D eigenvalue weighted by molar-refractivity contribution is -0.127. The maximum Gasteiger partial charge on any atom is 0.156 e. The third kappa shape index (κ3) is 2.01. The van der Waals surface area contributed by atoms with E-state index >= 15 is 0 Å². The molecule has 3 unspecified atom stereocenters. The highest BCUT2D eigenvalue weighted by Crippen LogP contribution is 2.66. The van der Waals surface area contributed by atoms with Gasteiger partial charge in [-0.05, 0) is 86.2 Å². The summed E-state index contributed by atoms with van der Waals surface area (Å²) in [6.07, 6.45) is 10.8. The monoisotopic (exact) mass is 326 g/mol. The third-order valence-corrected chi connectivity index (χ3v) is 8.32. The van der Waals surface area contributed by atoms with Crippen molar-refractivity contribution >= 4 is 11.6 Å². The van der Waals surface area contributed by atoms with Crippen LogP contribution in [0.4, 0.5) is 0 Å².